The molecule has 0 N–H and O–H groups in total. The Kier molecular flexibility index (Phi) is 3.75. The molecule has 3 aromatic rings. The lowest BCUT2D eigenvalue weighted by molar-refractivity contribution is 0.378. The van der Waals surface area contributed by atoms with Crippen molar-refractivity contribution in [2.75, 3.05) is 0 Å². The van der Waals surface area contributed by atoms with Crippen LogP contribution in [0.3, 0.4) is 0 Å². The minimum absolute atomic E-state index is 0.422. The van der Waals surface area contributed by atoms with Crippen molar-refractivity contribution in [3.05, 3.63) is 74.7 Å². The zero-order valence-corrected chi connectivity index (χ0v) is 13.0. The molecule has 21 heavy (non-hydrogen) atoms. The van der Waals surface area contributed by atoms with Crippen molar-refractivity contribution in [1.82, 2.24) is 9.72 Å². The van der Waals surface area contributed by atoms with Gasteiger partial charge < -0.3 is 0 Å². The fourth-order valence-corrected chi connectivity index (χ4v) is 2.69. The van der Waals surface area contributed by atoms with Gasteiger partial charge in [0.1, 0.15) is 0 Å². The molecule has 5 heteroatoms. The van der Waals surface area contributed by atoms with Crippen molar-refractivity contribution < 1.29 is 4.52 Å². The lowest BCUT2D eigenvalue weighted by Gasteiger charge is -2.07. The summed E-state index contributed by atoms with van der Waals surface area (Å²) in [6.07, 6.45) is 0. The fraction of sp³-hybridized carbons (Fsp3) is 0.125. The topological polar surface area (TPSA) is 48.0 Å². The average Bonchev–Trinajstić information content (AvgIpc) is 2.81. The molecule has 0 atom stereocenters. The Morgan fingerprint density at radius 1 is 1.19 bits per heavy atom. The SMILES string of the molecule is Cc1ccccc1-c1noc(=O)n1Cc1cccc(Br)c1. The molecule has 0 spiro atoms. The molecule has 1 heterocycles. The second-order valence-electron chi connectivity index (χ2n) is 4.80. The smallest absolute Gasteiger partial charge is 0.295 e. The third-order valence-corrected chi connectivity index (χ3v) is 3.80. The summed E-state index contributed by atoms with van der Waals surface area (Å²) in [5.41, 5.74) is 2.96. The number of hydrogen-bond acceptors (Lipinski definition) is 3. The van der Waals surface area contributed by atoms with Gasteiger partial charge in [0.15, 0.2) is 5.82 Å². The summed E-state index contributed by atoms with van der Waals surface area (Å²) in [4.78, 5) is 11.9. The monoisotopic (exact) mass is 344 g/mol. The Hall–Kier alpha value is -2.14. The molecule has 0 saturated carbocycles. The summed E-state index contributed by atoms with van der Waals surface area (Å²) in [6, 6.07) is 15.6. The summed E-state index contributed by atoms with van der Waals surface area (Å²) < 4.78 is 7.37. The predicted octanol–water partition coefficient (Wildman–Crippen LogP) is 3.62. The van der Waals surface area contributed by atoms with Crippen LogP contribution in [-0.4, -0.2) is 9.72 Å². The van der Waals surface area contributed by atoms with E-state index >= 15 is 0 Å². The third kappa shape index (κ3) is 2.83. The highest BCUT2D eigenvalue weighted by Gasteiger charge is 2.14. The van der Waals surface area contributed by atoms with Gasteiger partial charge in [-0.3, -0.25) is 9.09 Å². The maximum absolute atomic E-state index is 11.9. The van der Waals surface area contributed by atoms with Gasteiger partial charge in [0.2, 0.25) is 0 Å². The molecule has 1 aromatic heterocycles. The Balaban J connectivity index is 2.06. The van der Waals surface area contributed by atoms with E-state index < -0.39 is 5.76 Å². The molecule has 0 unspecified atom stereocenters. The Morgan fingerprint density at radius 3 is 2.76 bits per heavy atom. The maximum Gasteiger partial charge on any atom is 0.442 e. The molecule has 0 radical (unpaired) electrons. The summed E-state index contributed by atoms with van der Waals surface area (Å²) in [5.74, 6) is 0.103. The highest BCUT2D eigenvalue weighted by Crippen LogP contribution is 2.21. The van der Waals surface area contributed by atoms with Crippen LogP contribution in [0.25, 0.3) is 11.4 Å². The minimum atomic E-state index is -0.451. The first-order valence-corrected chi connectivity index (χ1v) is 7.31. The van der Waals surface area contributed by atoms with E-state index in [0.717, 1.165) is 21.2 Å². The van der Waals surface area contributed by atoms with Crippen LogP contribution in [0.15, 0.2) is 62.3 Å². The van der Waals surface area contributed by atoms with Crippen LogP contribution < -0.4 is 5.76 Å². The highest BCUT2D eigenvalue weighted by molar-refractivity contribution is 9.10. The molecule has 106 valence electrons. The van der Waals surface area contributed by atoms with E-state index in [0.29, 0.717) is 12.4 Å². The molecule has 3 rings (SSSR count). The maximum atomic E-state index is 11.9. The molecule has 0 amide bonds. The Morgan fingerprint density at radius 2 is 2.00 bits per heavy atom. The molecule has 2 aromatic carbocycles. The molecule has 0 aliphatic carbocycles. The molecule has 0 aliphatic rings. The molecule has 0 aliphatic heterocycles. The second kappa shape index (κ2) is 5.69. The molecule has 0 bridgehead atoms. The van der Waals surface area contributed by atoms with E-state index in [2.05, 4.69) is 21.1 Å². The Labute approximate surface area is 130 Å². The molecular formula is C16H13BrN2O2. The van der Waals surface area contributed by atoms with Crippen LogP contribution in [0.5, 0.6) is 0 Å². The number of benzene rings is 2. The number of aromatic nitrogens is 2. The van der Waals surface area contributed by atoms with E-state index in [-0.39, 0.29) is 0 Å². The van der Waals surface area contributed by atoms with E-state index in [1.807, 2.05) is 55.5 Å². The van der Waals surface area contributed by atoms with Gasteiger partial charge in [-0.15, -0.1) is 0 Å². The van der Waals surface area contributed by atoms with Gasteiger partial charge in [0.25, 0.3) is 0 Å². The first kappa shape index (κ1) is 13.8. The number of nitrogens with zero attached hydrogens (tertiary/aromatic N) is 2. The predicted molar refractivity (Wildman–Crippen MR) is 84.2 cm³/mol. The van der Waals surface area contributed by atoms with Crippen LogP contribution in [-0.2, 0) is 6.54 Å². The summed E-state index contributed by atoms with van der Waals surface area (Å²) in [7, 11) is 0. The van der Waals surface area contributed by atoms with E-state index in [9.17, 15) is 4.79 Å². The van der Waals surface area contributed by atoms with Gasteiger partial charge in [-0.05, 0) is 30.2 Å². The first-order chi connectivity index (χ1) is 10.1. The molecular weight excluding hydrogens is 332 g/mol. The average molecular weight is 345 g/mol. The van der Waals surface area contributed by atoms with E-state index in [4.69, 9.17) is 4.52 Å². The van der Waals surface area contributed by atoms with Gasteiger partial charge in [-0.1, -0.05) is 57.5 Å². The zero-order valence-electron chi connectivity index (χ0n) is 11.4. The van der Waals surface area contributed by atoms with Crippen LogP contribution in [0.2, 0.25) is 0 Å². The molecule has 0 saturated heterocycles. The number of hydrogen-bond donors (Lipinski definition) is 0. The van der Waals surface area contributed by atoms with Crippen molar-refractivity contribution in [3.63, 3.8) is 0 Å². The number of halogens is 1. The van der Waals surface area contributed by atoms with Crippen molar-refractivity contribution in [3.8, 4) is 11.4 Å². The van der Waals surface area contributed by atoms with Crippen molar-refractivity contribution >= 4 is 15.9 Å². The zero-order chi connectivity index (χ0) is 14.8. The highest BCUT2D eigenvalue weighted by atomic mass is 79.9. The Bertz CT molecular complexity index is 836. The van der Waals surface area contributed by atoms with Crippen molar-refractivity contribution in [2.24, 2.45) is 0 Å². The molecule has 4 nitrogen and oxygen atoms in total. The normalized spacial score (nSPS) is 10.8. The number of aryl methyl sites for hydroxylation is 1. The van der Waals surface area contributed by atoms with E-state index in [1.165, 1.54) is 0 Å². The fourth-order valence-electron chi connectivity index (χ4n) is 2.24. The van der Waals surface area contributed by atoms with Gasteiger partial charge in [-0.25, -0.2) is 4.79 Å². The summed E-state index contributed by atoms with van der Waals surface area (Å²) in [5, 5.41) is 3.93. The summed E-state index contributed by atoms with van der Waals surface area (Å²) in [6.45, 7) is 2.41. The lowest BCUT2D eigenvalue weighted by atomic mass is 10.1. The van der Waals surface area contributed by atoms with Crippen molar-refractivity contribution in [2.45, 2.75) is 13.5 Å². The third-order valence-electron chi connectivity index (χ3n) is 3.30. The van der Waals surface area contributed by atoms with Gasteiger partial charge >= 0.3 is 5.76 Å². The number of rotatable bonds is 3. The largest absolute Gasteiger partial charge is 0.442 e. The molecule has 0 fully saturated rings. The minimum Gasteiger partial charge on any atom is -0.295 e. The van der Waals surface area contributed by atoms with E-state index in [1.54, 1.807) is 4.57 Å². The van der Waals surface area contributed by atoms with Crippen LogP contribution in [0.1, 0.15) is 11.1 Å². The van der Waals surface area contributed by atoms with Crippen LogP contribution in [0.4, 0.5) is 0 Å². The summed E-state index contributed by atoms with van der Waals surface area (Å²) >= 11 is 3.43. The lowest BCUT2D eigenvalue weighted by Crippen LogP contribution is -2.16. The van der Waals surface area contributed by atoms with Gasteiger partial charge in [0.05, 0.1) is 6.54 Å². The van der Waals surface area contributed by atoms with Crippen LogP contribution >= 0.6 is 15.9 Å². The first-order valence-electron chi connectivity index (χ1n) is 6.52. The second-order valence-corrected chi connectivity index (χ2v) is 5.72. The van der Waals surface area contributed by atoms with Crippen molar-refractivity contribution in [1.29, 1.82) is 0 Å². The van der Waals surface area contributed by atoms with Crippen LogP contribution in [0, 0.1) is 6.92 Å². The quantitative estimate of drug-likeness (QED) is 0.728. The standard InChI is InChI=1S/C16H13BrN2O2/c1-11-5-2-3-8-14(11)15-18-21-16(20)19(15)10-12-6-4-7-13(17)9-12/h2-9H,10H2,1H3. The van der Waals surface area contributed by atoms with Gasteiger partial charge in [-0.2, -0.15) is 0 Å². The van der Waals surface area contributed by atoms with Gasteiger partial charge in [0, 0.05) is 10.0 Å².